The van der Waals surface area contributed by atoms with E-state index >= 15 is 0 Å². The number of hydrogen-bond donors (Lipinski definition) is 0. The first-order chi connectivity index (χ1) is 4.34. The van der Waals surface area contributed by atoms with Crippen molar-refractivity contribution in [3.63, 3.8) is 0 Å². The molecule has 0 N–H and O–H groups in total. The number of hydrogen-bond acceptors (Lipinski definition) is 2. The summed E-state index contributed by atoms with van der Waals surface area (Å²) in [7, 11) is 0. The highest BCUT2D eigenvalue weighted by atomic mass is 35.6. The molecule has 10 heavy (non-hydrogen) atoms. The van der Waals surface area contributed by atoms with Gasteiger partial charge in [-0.1, -0.05) is 41.4 Å². The molecule has 0 aliphatic rings. The maximum absolute atomic E-state index is 10.2. The van der Waals surface area contributed by atoms with Crippen LogP contribution in [0.1, 0.15) is 6.92 Å². The molecule has 0 unspecified atom stereocenters. The summed E-state index contributed by atoms with van der Waals surface area (Å²) in [5, 5.41) is 0. The molecule has 2 nitrogen and oxygen atoms in total. The third kappa shape index (κ3) is 3.99. The lowest BCUT2D eigenvalue weighted by Gasteiger charge is -2.12. The van der Waals surface area contributed by atoms with E-state index in [1.807, 2.05) is 0 Å². The molecule has 0 saturated carbocycles. The summed E-state index contributed by atoms with van der Waals surface area (Å²) in [6, 6.07) is 0. The van der Waals surface area contributed by atoms with Crippen molar-refractivity contribution >= 4 is 40.8 Å². The molecule has 0 atom stereocenters. The van der Waals surface area contributed by atoms with Crippen LogP contribution in [0, 0.1) is 0 Å². The van der Waals surface area contributed by atoms with E-state index in [1.54, 1.807) is 0 Å². The van der Waals surface area contributed by atoms with Gasteiger partial charge in [-0.3, -0.25) is 4.79 Å². The Bertz CT molecular complexity index is 159. The first-order valence-electron chi connectivity index (χ1n) is 2.28. The van der Waals surface area contributed by atoms with E-state index < -0.39 is 9.76 Å². The lowest BCUT2D eigenvalue weighted by Crippen LogP contribution is -2.11. The number of halogens is 3. The topological polar surface area (TPSA) is 26.3 Å². The van der Waals surface area contributed by atoms with Crippen LogP contribution in [0.25, 0.3) is 0 Å². The van der Waals surface area contributed by atoms with Crippen LogP contribution in [0.4, 0.5) is 0 Å². The second kappa shape index (κ2) is 3.46. The Morgan fingerprint density at radius 3 is 2.00 bits per heavy atom. The molecule has 0 aromatic rings. The maximum atomic E-state index is 10.2. The quantitative estimate of drug-likeness (QED) is 0.372. The summed E-state index contributed by atoms with van der Waals surface area (Å²) in [5.74, 6) is -0.749. The Hall–Kier alpha value is 0.0800. The minimum atomic E-state index is -1.73. The van der Waals surface area contributed by atoms with Crippen molar-refractivity contribution in [3.05, 3.63) is 12.3 Å². The van der Waals surface area contributed by atoms with Gasteiger partial charge in [0.15, 0.2) is 5.76 Å². The Morgan fingerprint density at radius 2 is 1.90 bits per heavy atom. The Labute approximate surface area is 73.7 Å². The van der Waals surface area contributed by atoms with Gasteiger partial charge in [0.1, 0.15) is 0 Å². The molecule has 0 fully saturated rings. The van der Waals surface area contributed by atoms with Crippen molar-refractivity contribution in [1.29, 1.82) is 0 Å². The summed E-state index contributed by atoms with van der Waals surface area (Å²) in [4.78, 5) is 10.2. The molecule has 0 heterocycles. The fraction of sp³-hybridized carbons (Fsp3) is 0.400. The first-order valence-corrected chi connectivity index (χ1v) is 3.42. The van der Waals surface area contributed by atoms with E-state index in [1.165, 1.54) is 6.92 Å². The Balaban J connectivity index is 3.99. The SMILES string of the molecule is C=C(OC(C)=O)C(Cl)(Cl)Cl. The zero-order valence-corrected chi connectivity index (χ0v) is 7.43. The van der Waals surface area contributed by atoms with Crippen LogP contribution in [-0.4, -0.2) is 9.76 Å². The summed E-state index contributed by atoms with van der Waals surface area (Å²) in [6.07, 6.45) is 0. The predicted octanol–water partition coefficient (Wildman–Crippen LogP) is 2.43. The minimum Gasteiger partial charge on any atom is -0.427 e. The van der Waals surface area contributed by atoms with Gasteiger partial charge in [-0.25, -0.2) is 0 Å². The Kier molecular flexibility index (Phi) is 3.49. The predicted molar refractivity (Wildman–Crippen MR) is 41.2 cm³/mol. The molecule has 0 radical (unpaired) electrons. The minimum absolute atomic E-state index is 0.190. The molecular weight excluding hydrogens is 198 g/mol. The summed E-state index contributed by atoms with van der Waals surface area (Å²) in [6.45, 7) is 4.42. The van der Waals surface area contributed by atoms with Gasteiger partial charge in [-0.15, -0.1) is 0 Å². The number of esters is 1. The van der Waals surface area contributed by atoms with Crippen LogP contribution in [0.2, 0.25) is 0 Å². The molecule has 0 aromatic heterocycles. The zero-order chi connectivity index (χ0) is 8.36. The van der Waals surface area contributed by atoms with E-state index in [4.69, 9.17) is 34.8 Å². The third-order valence-electron chi connectivity index (χ3n) is 0.583. The highest BCUT2D eigenvalue weighted by Gasteiger charge is 2.26. The van der Waals surface area contributed by atoms with Crippen molar-refractivity contribution in [2.75, 3.05) is 0 Å². The summed E-state index contributed by atoms with van der Waals surface area (Å²) < 4.78 is 2.65. The van der Waals surface area contributed by atoms with Crippen LogP contribution >= 0.6 is 34.8 Å². The van der Waals surface area contributed by atoms with Crippen LogP contribution in [0.15, 0.2) is 12.3 Å². The van der Waals surface area contributed by atoms with E-state index in [0.29, 0.717) is 0 Å². The van der Waals surface area contributed by atoms with Gasteiger partial charge in [0.05, 0.1) is 0 Å². The van der Waals surface area contributed by atoms with Gasteiger partial charge >= 0.3 is 5.97 Å². The van der Waals surface area contributed by atoms with Gasteiger partial charge in [0.2, 0.25) is 3.79 Å². The monoisotopic (exact) mass is 202 g/mol. The average Bonchev–Trinajstić information content (AvgIpc) is 1.60. The van der Waals surface area contributed by atoms with Gasteiger partial charge in [0, 0.05) is 6.92 Å². The molecule has 0 aliphatic carbocycles. The highest BCUT2D eigenvalue weighted by molar-refractivity contribution is 6.69. The van der Waals surface area contributed by atoms with E-state index in [0.717, 1.165) is 0 Å². The largest absolute Gasteiger partial charge is 0.427 e. The number of rotatable bonds is 1. The van der Waals surface area contributed by atoms with Crippen LogP contribution in [-0.2, 0) is 9.53 Å². The molecule has 58 valence electrons. The smallest absolute Gasteiger partial charge is 0.307 e. The molecule has 0 rings (SSSR count). The number of ether oxygens (including phenoxy) is 1. The van der Waals surface area contributed by atoms with Gasteiger partial charge in [-0.2, -0.15) is 0 Å². The number of alkyl halides is 3. The maximum Gasteiger partial charge on any atom is 0.307 e. The molecule has 0 saturated heterocycles. The van der Waals surface area contributed by atoms with Crippen molar-refractivity contribution in [2.24, 2.45) is 0 Å². The molecule has 0 amide bonds. The zero-order valence-electron chi connectivity index (χ0n) is 5.16. The van der Waals surface area contributed by atoms with Gasteiger partial charge in [-0.05, 0) is 0 Å². The van der Waals surface area contributed by atoms with E-state index in [-0.39, 0.29) is 5.76 Å². The first kappa shape index (κ1) is 10.1. The third-order valence-corrected chi connectivity index (χ3v) is 1.22. The molecule has 0 aliphatic heterocycles. The van der Waals surface area contributed by atoms with Crippen LogP contribution in [0.3, 0.4) is 0 Å². The fourth-order valence-corrected chi connectivity index (χ4v) is 0.347. The van der Waals surface area contributed by atoms with Gasteiger partial charge < -0.3 is 4.74 Å². The normalized spacial score (nSPS) is 10.8. The van der Waals surface area contributed by atoms with Crippen molar-refractivity contribution in [3.8, 4) is 0 Å². The fourth-order valence-electron chi connectivity index (χ4n) is 0.231. The lowest BCUT2D eigenvalue weighted by atomic mass is 10.6. The number of carbonyl (C=O) groups excluding carboxylic acids is 1. The molecule has 0 bridgehead atoms. The molecular formula is C5H5Cl3O2. The standard InChI is InChI=1S/C5H5Cl3O2/c1-3(5(6,7)8)10-4(2)9/h1H2,2H3. The van der Waals surface area contributed by atoms with E-state index in [2.05, 4.69) is 11.3 Å². The van der Waals surface area contributed by atoms with Crippen molar-refractivity contribution in [1.82, 2.24) is 0 Å². The second-order valence-corrected chi connectivity index (χ2v) is 3.80. The number of allylic oxidation sites excluding steroid dienone is 1. The van der Waals surface area contributed by atoms with Crippen LogP contribution < -0.4 is 0 Å². The number of carbonyl (C=O) groups is 1. The summed E-state index contributed by atoms with van der Waals surface area (Å²) in [5.41, 5.74) is 0. The Morgan fingerprint density at radius 1 is 1.50 bits per heavy atom. The second-order valence-electron chi connectivity index (χ2n) is 1.51. The van der Waals surface area contributed by atoms with Crippen LogP contribution in [0.5, 0.6) is 0 Å². The van der Waals surface area contributed by atoms with Gasteiger partial charge in [0.25, 0.3) is 0 Å². The highest BCUT2D eigenvalue weighted by Crippen LogP contribution is 2.33. The van der Waals surface area contributed by atoms with Crippen molar-refractivity contribution < 1.29 is 9.53 Å². The summed E-state index contributed by atoms with van der Waals surface area (Å²) >= 11 is 15.8. The molecule has 0 aromatic carbocycles. The van der Waals surface area contributed by atoms with E-state index in [9.17, 15) is 4.79 Å². The van der Waals surface area contributed by atoms with Crippen molar-refractivity contribution in [2.45, 2.75) is 10.7 Å². The average molecular weight is 203 g/mol. The molecule has 5 heteroatoms. The lowest BCUT2D eigenvalue weighted by molar-refractivity contribution is -0.136. The molecule has 0 spiro atoms.